The topological polar surface area (TPSA) is 29.9 Å². The molecule has 96 valence electrons. The van der Waals surface area contributed by atoms with E-state index in [4.69, 9.17) is 0 Å². The molecule has 0 spiro atoms. The zero-order valence-electron chi connectivity index (χ0n) is 10.2. The quantitative estimate of drug-likeness (QED) is 0.842. The number of alkyl halides is 2. The highest BCUT2D eigenvalue weighted by Crippen LogP contribution is 2.38. The summed E-state index contributed by atoms with van der Waals surface area (Å²) in [7, 11) is 1.83. The summed E-state index contributed by atoms with van der Waals surface area (Å²) in [6, 6.07) is 5.51. The normalized spacial score (nSPS) is 23.4. The zero-order chi connectivity index (χ0) is 12.8. The highest BCUT2D eigenvalue weighted by molar-refractivity contribution is 5.79. The third-order valence-corrected chi connectivity index (χ3v) is 3.66. The second-order valence-electron chi connectivity index (χ2n) is 4.87. The fraction of sp³-hybridized carbons (Fsp3) is 0.462. The molecule has 2 heterocycles. The molecular weight excluding hydrogens is 236 g/mol. The van der Waals surface area contributed by atoms with Crippen molar-refractivity contribution in [2.75, 3.05) is 13.1 Å². The molecule has 0 saturated carbocycles. The van der Waals surface area contributed by atoms with Crippen molar-refractivity contribution < 1.29 is 8.78 Å². The number of rotatable bonds is 1. The summed E-state index contributed by atoms with van der Waals surface area (Å²) < 4.78 is 29.5. The summed E-state index contributed by atoms with van der Waals surface area (Å²) in [6.07, 6.45) is 2.22. The van der Waals surface area contributed by atoms with E-state index in [1.165, 1.54) is 0 Å². The third-order valence-electron chi connectivity index (χ3n) is 3.66. The molecule has 1 aliphatic heterocycles. The van der Waals surface area contributed by atoms with Gasteiger partial charge in [-0.2, -0.15) is 5.10 Å². The van der Waals surface area contributed by atoms with Gasteiger partial charge in [0.05, 0.1) is 24.2 Å². The molecule has 0 bridgehead atoms. The molecule has 1 aromatic heterocycles. The lowest BCUT2D eigenvalue weighted by molar-refractivity contribution is -0.0419. The van der Waals surface area contributed by atoms with Crippen LogP contribution < -0.4 is 5.32 Å². The van der Waals surface area contributed by atoms with Crippen LogP contribution in [0.15, 0.2) is 24.4 Å². The van der Waals surface area contributed by atoms with Gasteiger partial charge >= 0.3 is 0 Å². The number of piperidine rings is 1. The van der Waals surface area contributed by atoms with E-state index in [0.717, 1.165) is 10.9 Å². The maximum atomic E-state index is 13.9. The highest BCUT2D eigenvalue weighted by Gasteiger charge is 2.42. The Morgan fingerprint density at radius 2 is 2.28 bits per heavy atom. The molecule has 1 saturated heterocycles. The van der Waals surface area contributed by atoms with Crippen molar-refractivity contribution in [3.63, 3.8) is 0 Å². The van der Waals surface area contributed by atoms with Crippen molar-refractivity contribution >= 4 is 10.9 Å². The fourth-order valence-electron chi connectivity index (χ4n) is 2.62. The second kappa shape index (κ2) is 4.02. The molecule has 3 rings (SSSR count). The number of aromatic nitrogens is 2. The minimum absolute atomic E-state index is 0.235. The Kier molecular flexibility index (Phi) is 2.59. The Labute approximate surface area is 104 Å². The van der Waals surface area contributed by atoms with Crippen LogP contribution >= 0.6 is 0 Å². The molecular formula is C13H15F2N3. The lowest BCUT2D eigenvalue weighted by atomic mass is 9.86. The van der Waals surface area contributed by atoms with Crippen LogP contribution in [-0.2, 0) is 7.05 Å². The molecule has 1 aromatic carbocycles. The first-order valence-electron chi connectivity index (χ1n) is 6.08. The fourth-order valence-corrected chi connectivity index (χ4v) is 2.62. The number of nitrogens with zero attached hydrogens (tertiary/aromatic N) is 2. The van der Waals surface area contributed by atoms with Gasteiger partial charge < -0.3 is 5.32 Å². The second-order valence-corrected chi connectivity index (χ2v) is 4.87. The smallest absolute Gasteiger partial charge is 0.267 e. The summed E-state index contributed by atoms with van der Waals surface area (Å²) in [4.78, 5) is 0. The van der Waals surface area contributed by atoms with Crippen LogP contribution in [0.5, 0.6) is 0 Å². The van der Waals surface area contributed by atoms with Crippen LogP contribution in [0.25, 0.3) is 10.9 Å². The highest BCUT2D eigenvalue weighted by atomic mass is 19.3. The molecule has 3 nitrogen and oxygen atoms in total. The number of hydrogen-bond donors (Lipinski definition) is 1. The number of hydrogen-bond acceptors (Lipinski definition) is 2. The van der Waals surface area contributed by atoms with Crippen LogP contribution in [-0.4, -0.2) is 28.8 Å². The van der Waals surface area contributed by atoms with E-state index < -0.39 is 11.8 Å². The molecule has 18 heavy (non-hydrogen) atoms. The lowest BCUT2D eigenvalue weighted by Crippen LogP contribution is -2.44. The first-order chi connectivity index (χ1) is 8.58. The molecule has 1 aliphatic rings. The Balaban J connectivity index is 2.05. The Morgan fingerprint density at radius 1 is 1.44 bits per heavy atom. The van der Waals surface area contributed by atoms with E-state index in [0.29, 0.717) is 18.5 Å². The van der Waals surface area contributed by atoms with Crippen molar-refractivity contribution in [1.29, 1.82) is 0 Å². The summed E-state index contributed by atoms with van der Waals surface area (Å²) in [5.41, 5.74) is 1.61. The van der Waals surface area contributed by atoms with Crippen molar-refractivity contribution in [3.05, 3.63) is 30.0 Å². The Morgan fingerprint density at radius 3 is 3.06 bits per heavy atom. The van der Waals surface area contributed by atoms with Gasteiger partial charge in [-0.3, -0.25) is 4.68 Å². The summed E-state index contributed by atoms with van der Waals surface area (Å²) in [5, 5.41) is 7.87. The predicted molar refractivity (Wildman–Crippen MR) is 65.9 cm³/mol. The largest absolute Gasteiger partial charge is 0.311 e. The minimum atomic E-state index is -2.68. The van der Waals surface area contributed by atoms with Gasteiger partial charge in [-0.15, -0.1) is 0 Å². The number of nitrogens with one attached hydrogen (secondary N) is 1. The van der Waals surface area contributed by atoms with Gasteiger partial charge in [0, 0.05) is 12.4 Å². The number of fused-ring (bicyclic) bond motifs is 1. The van der Waals surface area contributed by atoms with E-state index in [1.54, 1.807) is 16.9 Å². The average molecular weight is 251 g/mol. The predicted octanol–water partition coefficient (Wildman–Crippen LogP) is 2.29. The van der Waals surface area contributed by atoms with Crippen molar-refractivity contribution in [3.8, 4) is 0 Å². The van der Waals surface area contributed by atoms with Crippen LogP contribution in [0.4, 0.5) is 8.78 Å². The summed E-state index contributed by atoms with van der Waals surface area (Å²) in [5.74, 6) is -3.37. The van der Waals surface area contributed by atoms with Crippen LogP contribution in [0.1, 0.15) is 17.9 Å². The van der Waals surface area contributed by atoms with Crippen molar-refractivity contribution in [1.82, 2.24) is 15.1 Å². The van der Waals surface area contributed by atoms with Gasteiger partial charge in [0.1, 0.15) is 0 Å². The van der Waals surface area contributed by atoms with E-state index in [-0.39, 0.29) is 6.54 Å². The zero-order valence-corrected chi connectivity index (χ0v) is 10.2. The molecule has 0 radical (unpaired) electrons. The van der Waals surface area contributed by atoms with Gasteiger partial charge in [-0.1, -0.05) is 12.1 Å². The average Bonchev–Trinajstić information content (AvgIpc) is 2.70. The molecule has 2 aromatic rings. The summed E-state index contributed by atoms with van der Waals surface area (Å²) in [6.45, 7) is 0.408. The monoisotopic (exact) mass is 251 g/mol. The Bertz CT molecular complexity index is 577. The lowest BCUT2D eigenvalue weighted by Gasteiger charge is -2.32. The van der Waals surface area contributed by atoms with E-state index >= 15 is 0 Å². The van der Waals surface area contributed by atoms with Crippen LogP contribution in [0.3, 0.4) is 0 Å². The molecule has 1 N–H and O–H groups in total. The van der Waals surface area contributed by atoms with Gasteiger partial charge in [-0.25, -0.2) is 8.78 Å². The SMILES string of the molecule is Cn1ncc2ccc([C@H]3CCNCC3(F)F)cc21. The van der Waals surface area contributed by atoms with Gasteiger partial charge in [-0.05, 0) is 24.6 Å². The number of aryl methyl sites for hydroxylation is 1. The molecule has 0 unspecified atom stereocenters. The number of benzene rings is 1. The van der Waals surface area contributed by atoms with Crippen LogP contribution in [0.2, 0.25) is 0 Å². The maximum absolute atomic E-state index is 13.9. The van der Waals surface area contributed by atoms with Crippen molar-refractivity contribution in [2.45, 2.75) is 18.3 Å². The third kappa shape index (κ3) is 1.79. The molecule has 1 fully saturated rings. The van der Waals surface area contributed by atoms with Crippen molar-refractivity contribution in [2.24, 2.45) is 7.05 Å². The first-order valence-corrected chi connectivity index (χ1v) is 6.08. The van der Waals surface area contributed by atoms with E-state index in [1.807, 2.05) is 19.2 Å². The molecule has 5 heteroatoms. The van der Waals surface area contributed by atoms with Crippen LogP contribution in [0, 0.1) is 0 Å². The van der Waals surface area contributed by atoms with Gasteiger partial charge in [0.25, 0.3) is 5.92 Å². The molecule has 0 aliphatic carbocycles. The van der Waals surface area contributed by atoms with Gasteiger partial charge in [0.15, 0.2) is 0 Å². The summed E-state index contributed by atoms with van der Waals surface area (Å²) >= 11 is 0. The minimum Gasteiger partial charge on any atom is -0.311 e. The maximum Gasteiger partial charge on any atom is 0.267 e. The van der Waals surface area contributed by atoms with E-state index in [2.05, 4.69) is 10.4 Å². The Hall–Kier alpha value is -1.49. The standard InChI is InChI=1S/C13H15F2N3/c1-18-12-6-9(2-3-10(12)7-17-18)11-4-5-16-8-13(11,14)15/h2-3,6-7,11,16H,4-5,8H2,1H3/t11-/m1/s1. The number of halogens is 2. The first kappa shape index (κ1) is 11.6. The van der Waals surface area contributed by atoms with Gasteiger partial charge in [0.2, 0.25) is 0 Å². The van der Waals surface area contributed by atoms with E-state index in [9.17, 15) is 8.78 Å². The molecule has 0 amide bonds. The molecule has 1 atom stereocenters.